The Morgan fingerprint density at radius 2 is 1.57 bits per heavy atom. The molecule has 5 rings (SSSR count). The number of anilines is 2. The van der Waals surface area contributed by atoms with E-state index in [1.54, 1.807) is 11.0 Å². The van der Waals surface area contributed by atoms with E-state index in [2.05, 4.69) is 19.1 Å². The summed E-state index contributed by atoms with van der Waals surface area (Å²) in [5.74, 6) is 1.31. The Kier molecular flexibility index (Phi) is 7.23. The minimum absolute atomic E-state index is 0.0489. The van der Waals surface area contributed by atoms with Crippen LogP contribution in [0.1, 0.15) is 35.7 Å². The Morgan fingerprint density at radius 1 is 0.892 bits per heavy atom. The monoisotopic (exact) mass is 517 g/mol. The van der Waals surface area contributed by atoms with Crippen molar-refractivity contribution in [3.8, 4) is 11.5 Å². The van der Waals surface area contributed by atoms with Gasteiger partial charge in [-0.3, -0.25) is 9.69 Å². The largest absolute Gasteiger partial charge is 0.454 e. The summed E-state index contributed by atoms with van der Waals surface area (Å²) < 4.78 is 12.4. The molecule has 194 valence electrons. The molecule has 0 aromatic heterocycles. The van der Waals surface area contributed by atoms with Gasteiger partial charge in [0.1, 0.15) is 5.75 Å². The highest BCUT2D eigenvalue weighted by Crippen LogP contribution is 2.46. The van der Waals surface area contributed by atoms with Gasteiger partial charge in [-0.05, 0) is 80.2 Å². The maximum absolute atomic E-state index is 13.6. The number of benzene rings is 3. The number of carbonyl (C=O) groups is 1. The molecule has 0 aliphatic carbocycles. The van der Waals surface area contributed by atoms with Crippen molar-refractivity contribution in [1.82, 2.24) is 0 Å². The number of aliphatic hydroxyl groups excluding tert-OH is 1. The number of amides is 1. The van der Waals surface area contributed by atoms with Crippen LogP contribution in [0.4, 0.5) is 11.4 Å². The van der Waals surface area contributed by atoms with Crippen LogP contribution in [0.5, 0.6) is 11.5 Å². The summed E-state index contributed by atoms with van der Waals surface area (Å²) in [6.07, 6.45) is 2.20. The first-order valence-electron chi connectivity index (χ1n) is 13.1. The van der Waals surface area contributed by atoms with Crippen LogP contribution in [0.25, 0.3) is 0 Å². The number of aliphatic hydroxyl groups is 1. The average Bonchev–Trinajstić information content (AvgIpc) is 3.13. The van der Waals surface area contributed by atoms with E-state index in [1.807, 2.05) is 67.7 Å². The summed E-state index contributed by atoms with van der Waals surface area (Å²) in [5.41, 5.74) is 3.29. The fourth-order valence-electron chi connectivity index (χ4n) is 5.99. The maximum Gasteiger partial charge on any atom is 0.266 e. The molecule has 2 aliphatic rings. The van der Waals surface area contributed by atoms with Gasteiger partial charge in [0.05, 0.1) is 23.5 Å². The zero-order valence-electron chi connectivity index (χ0n) is 21.6. The average molecular weight is 518 g/mol. The van der Waals surface area contributed by atoms with Crippen molar-refractivity contribution >= 4 is 25.6 Å². The summed E-state index contributed by atoms with van der Waals surface area (Å²) in [5, 5.41) is 9.49. The lowest BCUT2D eigenvalue weighted by Gasteiger charge is -2.30. The molecular weight excluding hydrogens is 482 g/mol. The molecule has 2 aliphatic heterocycles. The van der Waals surface area contributed by atoms with Crippen LogP contribution in [-0.2, 0) is 11.2 Å². The second-order valence-electron chi connectivity index (χ2n) is 10.7. The highest BCUT2D eigenvalue weighted by Gasteiger charge is 2.49. The first kappa shape index (κ1) is 25.7. The highest BCUT2D eigenvalue weighted by atomic mass is 28.4. The van der Waals surface area contributed by atoms with Gasteiger partial charge >= 0.3 is 0 Å². The van der Waals surface area contributed by atoms with E-state index < -0.39 is 8.32 Å². The van der Waals surface area contributed by atoms with Gasteiger partial charge in [-0.1, -0.05) is 43.3 Å². The Hall–Kier alpha value is -2.97. The first-order chi connectivity index (χ1) is 17.8. The maximum atomic E-state index is 13.6. The molecule has 6 nitrogen and oxygen atoms in total. The Labute approximate surface area is 219 Å². The number of hydrogen-bond acceptors (Lipinski definition) is 5. The van der Waals surface area contributed by atoms with Crippen molar-refractivity contribution in [2.75, 3.05) is 11.5 Å². The van der Waals surface area contributed by atoms with E-state index >= 15 is 0 Å². The molecule has 3 aromatic carbocycles. The van der Waals surface area contributed by atoms with E-state index in [-0.39, 0.29) is 36.2 Å². The molecule has 7 heteroatoms. The van der Waals surface area contributed by atoms with E-state index in [0.29, 0.717) is 29.2 Å². The van der Waals surface area contributed by atoms with Gasteiger partial charge in [-0.25, -0.2) is 0 Å². The molecule has 2 N–H and O–H groups in total. The number of para-hydroxylation sites is 3. The normalized spacial score (nSPS) is 23.3. The molecule has 2 heterocycles. The van der Waals surface area contributed by atoms with Crippen molar-refractivity contribution < 1.29 is 24.2 Å². The van der Waals surface area contributed by atoms with Crippen molar-refractivity contribution in [1.29, 1.82) is 0 Å². The third-order valence-corrected chi connectivity index (χ3v) is 10.2. The van der Waals surface area contributed by atoms with Crippen molar-refractivity contribution in [3.05, 3.63) is 83.9 Å². The fourth-order valence-corrected chi connectivity index (χ4v) is 8.65. The summed E-state index contributed by atoms with van der Waals surface area (Å²) in [7, 11) is -2.41. The van der Waals surface area contributed by atoms with Crippen LogP contribution in [-0.4, -0.2) is 42.9 Å². The molecular formula is C30H35NO5Si. The molecule has 0 radical (unpaired) electrons. The number of hydrogen-bond donors (Lipinski definition) is 2. The summed E-state index contributed by atoms with van der Waals surface area (Å²) >= 11 is 0. The molecule has 37 heavy (non-hydrogen) atoms. The Balaban J connectivity index is 1.34. The van der Waals surface area contributed by atoms with Crippen LogP contribution < -0.4 is 9.64 Å². The van der Waals surface area contributed by atoms with Crippen molar-refractivity contribution in [2.45, 2.75) is 57.0 Å². The van der Waals surface area contributed by atoms with Crippen molar-refractivity contribution in [2.24, 2.45) is 5.92 Å². The van der Waals surface area contributed by atoms with Crippen LogP contribution in [0.2, 0.25) is 18.6 Å². The van der Waals surface area contributed by atoms with Gasteiger partial charge in [0.15, 0.2) is 14.1 Å². The predicted molar refractivity (Wildman–Crippen MR) is 147 cm³/mol. The Morgan fingerprint density at radius 3 is 2.27 bits per heavy atom. The van der Waals surface area contributed by atoms with Crippen LogP contribution >= 0.6 is 0 Å². The van der Waals surface area contributed by atoms with Gasteiger partial charge in [-0.15, -0.1) is 0 Å². The number of ether oxygens (including phenoxy) is 2. The Bertz CT molecular complexity index is 1260. The highest BCUT2D eigenvalue weighted by molar-refractivity contribution is 6.71. The van der Waals surface area contributed by atoms with Gasteiger partial charge in [-0.2, -0.15) is 0 Å². The molecule has 0 spiro atoms. The molecule has 0 unspecified atom stereocenters. The third-order valence-electron chi connectivity index (χ3n) is 7.69. The zero-order chi connectivity index (χ0) is 26.2. The quantitative estimate of drug-likeness (QED) is 0.373. The van der Waals surface area contributed by atoms with Crippen molar-refractivity contribution in [3.63, 3.8) is 0 Å². The van der Waals surface area contributed by atoms with Gasteiger partial charge in [0.2, 0.25) is 0 Å². The minimum atomic E-state index is -2.41. The fraction of sp³-hybridized carbons (Fsp3) is 0.367. The molecule has 1 fully saturated rings. The van der Waals surface area contributed by atoms with E-state index in [4.69, 9.17) is 9.47 Å². The van der Waals surface area contributed by atoms with E-state index in [1.165, 1.54) is 0 Å². The van der Waals surface area contributed by atoms with Gasteiger partial charge in [0.25, 0.3) is 5.91 Å². The topological polar surface area (TPSA) is 79.2 Å². The number of aryl methyl sites for hydroxylation is 1. The van der Waals surface area contributed by atoms with Gasteiger partial charge in [0, 0.05) is 17.8 Å². The standard InChI is InChI=1S/C30H35NO5Si/c1-20-25(35-28(18-19-32)29(20)37(2,3)34)17-14-21-12-15-22(16-13-21)31-24-9-5-7-11-27(24)36-26-10-6-4-8-23(26)30(31)33/h4-13,15-16,20,25,28-29,32,34H,14,17-19H2,1-3H3/t20-,25+,28-,29+/m1/s1. The zero-order valence-corrected chi connectivity index (χ0v) is 22.6. The second-order valence-corrected chi connectivity index (χ2v) is 14.6. The minimum Gasteiger partial charge on any atom is -0.454 e. The van der Waals surface area contributed by atoms with Crippen LogP contribution in [0.3, 0.4) is 0 Å². The predicted octanol–water partition coefficient (Wildman–Crippen LogP) is 6.06. The second kappa shape index (κ2) is 10.4. The molecule has 0 saturated carbocycles. The first-order valence-corrected chi connectivity index (χ1v) is 16.1. The summed E-state index contributed by atoms with van der Waals surface area (Å²) in [6.45, 7) is 6.17. The molecule has 3 aromatic rings. The number of nitrogens with zero attached hydrogens (tertiary/aromatic N) is 1. The lowest BCUT2D eigenvalue weighted by Crippen LogP contribution is -2.40. The third kappa shape index (κ3) is 5.09. The van der Waals surface area contributed by atoms with Gasteiger partial charge < -0.3 is 19.4 Å². The number of fused-ring (bicyclic) bond motifs is 2. The van der Waals surface area contributed by atoms with Crippen LogP contribution in [0, 0.1) is 5.92 Å². The SMILES string of the molecule is C[C@H]1[C@H]([Si](C)(C)O)[C@@H](CCO)O[C@H]1CCc1ccc(N2C(=O)c3ccccc3Oc3ccccc32)cc1. The lowest BCUT2D eigenvalue weighted by atomic mass is 9.95. The summed E-state index contributed by atoms with van der Waals surface area (Å²) in [6, 6.07) is 23.0. The number of rotatable bonds is 7. The van der Waals surface area contributed by atoms with E-state index in [0.717, 1.165) is 24.1 Å². The molecule has 1 saturated heterocycles. The van der Waals surface area contributed by atoms with E-state index in [9.17, 15) is 14.7 Å². The molecule has 1 amide bonds. The molecule has 4 atom stereocenters. The summed E-state index contributed by atoms with van der Waals surface area (Å²) in [4.78, 5) is 26.2. The lowest BCUT2D eigenvalue weighted by molar-refractivity contribution is 0.0192. The molecule has 0 bridgehead atoms. The van der Waals surface area contributed by atoms with Crippen LogP contribution in [0.15, 0.2) is 72.8 Å². The smallest absolute Gasteiger partial charge is 0.266 e. The number of carbonyl (C=O) groups excluding carboxylic acids is 1.